The average Bonchev–Trinajstić information content (AvgIpc) is 2.38. The van der Waals surface area contributed by atoms with E-state index in [4.69, 9.17) is 0 Å². The van der Waals surface area contributed by atoms with Crippen LogP contribution in [0.5, 0.6) is 0 Å². The van der Waals surface area contributed by atoms with E-state index in [1.165, 1.54) is 12.3 Å². The molecule has 0 atom stereocenters. The first-order valence-corrected chi connectivity index (χ1v) is 5.53. The maximum absolute atomic E-state index is 13.3. The summed E-state index contributed by atoms with van der Waals surface area (Å²) in [5.74, 6) is 4.32. The van der Waals surface area contributed by atoms with Gasteiger partial charge in [-0.15, -0.1) is 0 Å². The first kappa shape index (κ1) is 13.0. The Morgan fingerprint density at radius 3 is 2.21 bits per heavy atom. The molecule has 3 nitrogen and oxygen atoms in total. The van der Waals surface area contributed by atoms with Crippen LogP contribution >= 0.6 is 0 Å². The van der Waals surface area contributed by atoms with Gasteiger partial charge in [0.2, 0.25) is 0 Å². The second kappa shape index (κ2) is 5.44. The molecule has 96 valence electrons. The van der Waals surface area contributed by atoms with Crippen molar-refractivity contribution < 1.29 is 8.78 Å². The monoisotopic (exact) mass is 259 g/mol. The SMILES string of the molecule is CN(C)c1cnc(C#Cc2c(F)cccc2F)cn1. The van der Waals surface area contributed by atoms with Crippen molar-refractivity contribution in [2.24, 2.45) is 0 Å². The lowest BCUT2D eigenvalue weighted by Crippen LogP contribution is -2.10. The quantitative estimate of drug-likeness (QED) is 0.735. The van der Waals surface area contributed by atoms with Crippen LogP contribution < -0.4 is 4.90 Å². The summed E-state index contributed by atoms with van der Waals surface area (Å²) in [4.78, 5) is 9.95. The molecule has 19 heavy (non-hydrogen) atoms. The molecule has 1 heterocycles. The van der Waals surface area contributed by atoms with Crippen LogP contribution in [0.3, 0.4) is 0 Å². The van der Waals surface area contributed by atoms with Gasteiger partial charge in [0.05, 0.1) is 18.0 Å². The summed E-state index contributed by atoms with van der Waals surface area (Å²) in [6.45, 7) is 0. The van der Waals surface area contributed by atoms with Crippen molar-refractivity contribution >= 4 is 5.82 Å². The van der Waals surface area contributed by atoms with Crippen LogP contribution in [-0.2, 0) is 0 Å². The molecule has 0 amide bonds. The van der Waals surface area contributed by atoms with Crippen LogP contribution in [0.1, 0.15) is 11.3 Å². The van der Waals surface area contributed by atoms with Crippen molar-refractivity contribution in [1.29, 1.82) is 0 Å². The van der Waals surface area contributed by atoms with E-state index in [-0.39, 0.29) is 5.56 Å². The Labute approximate surface area is 109 Å². The summed E-state index contributed by atoms with van der Waals surface area (Å²) in [6, 6.07) is 3.61. The van der Waals surface area contributed by atoms with E-state index in [0.717, 1.165) is 12.1 Å². The molecule has 1 aromatic carbocycles. The first-order chi connectivity index (χ1) is 9.08. The molecule has 0 aliphatic carbocycles. The Hall–Kier alpha value is -2.48. The fraction of sp³-hybridized carbons (Fsp3) is 0.143. The topological polar surface area (TPSA) is 29.0 Å². The van der Waals surface area contributed by atoms with Gasteiger partial charge in [-0.05, 0) is 18.1 Å². The van der Waals surface area contributed by atoms with Gasteiger partial charge in [0, 0.05) is 14.1 Å². The lowest BCUT2D eigenvalue weighted by molar-refractivity contribution is 0.577. The lowest BCUT2D eigenvalue weighted by atomic mass is 10.2. The van der Waals surface area contributed by atoms with Crippen LogP contribution in [0.4, 0.5) is 14.6 Å². The largest absolute Gasteiger partial charge is 0.361 e. The predicted octanol–water partition coefficient (Wildman–Crippen LogP) is 2.22. The van der Waals surface area contributed by atoms with Crippen LogP contribution in [0, 0.1) is 23.5 Å². The fourth-order valence-corrected chi connectivity index (χ4v) is 1.36. The second-order valence-corrected chi connectivity index (χ2v) is 4.00. The van der Waals surface area contributed by atoms with Crippen molar-refractivity contribution in [3.63, 3.8) is 0 Å². The first-order valence-electron chi connectivity index (χ1n) is 5.53. The van der Waals surface area contributed by atoms with E-state index < -0.39 is 11.6 Å². The van der Waals surface area contributed by atoms with Crippen LogP contribution in [-0.4, -0.2) is 24.1 Å². The molecule has 0 aliphatic heterocycles. The number of halogens is 2. The summed E-state index contributed by atoms with van der Waals surface area (Å²) in [5, 5.41) is 0. The van der Waals surface area contributed by atoms with Crippen LogP contribution in [0.2, 0.25) is 0 Å². The van der Waals surface area contributed by atoms with Crippen molar-refractivity contribution in [1.82, 2.24) is 9.97 Å². The Bertz CT molecular complexity index is 620. The van der Waals surface area contributed by atoms with Gasteiger partial charge < -0.3 is 4.90 Å². The van der Waals surface area contributed by atoms with Crippen molar-refractivity contribution in [3.8, 4) is 11.8 Å². The molecule has 0 unspecified atom stereocenters. The van der Waals surface area contributed by atoms with Crippen LogP contribution in [0.25, 0.3) is 0 Å². The maximum Gasteiger partial charge on any atom is 0.146 e. The fourth-order valence-electron chi connectivity index (χ4n) is 1.36. The third-order valence-electron chi connectivity index (χ3n) is 2.37. The van der Waals surface area contributed by atoms with E-state index in [9.17, 15) is 8.78 Å². The molecule has 0 N–H and O–H groups in total. The Balaban J connectivity index is 2.29. The van der Waals surface area contributed by atoms with Gasteiger partial charge in [0.15, 0.2) is 0 Å². The molecule has 0 spiro atoms. The zero-order valence-electron chi connectivity index (χ0n) is 10.5. The molecule has 0 saturated carbocycles. The summed E-state index contributed by atoms with van der Waals surface area (Å²) in [6.07, 6.45) is 3.00. The number of nitrogens with zero attached hydrogens (tertiary/aromatic N) is 3. The molecule has 2 aromatic rings. The summed E-state index contributed by atoms with van der Waals surface area (Å²) in [5.41, 5.74) is 0.0919. The Morgan fingerprint density at radius 1 is 1.00 bits per heavy atom. The smallest absolute Gasteiger partial charge is 0.146 e. The van der Waals surface area contributed by atoms with E-state index >= 15 is 0 Å². The lowest BCUT2D eigenvalue weighted by Gasteiger charge is -2.08. The Kier molecular flexibility index (Phi) is 3.71. The zero-order valence-corrected chi connectivity index (χ0v) is 10.5. The van der Waals surface area contributed by atoms with Crippen molar-refractivity contribution in [2.45, 2.75) is 0 Å². The highest BCUT2D eigenvalue weighted by molar-refractivity contribution is 5.42. The molecular formula is C14H11F2N3. The molecule has 0 radical (unpaired) electrons. The van der Waals surface area contributed by atoms with Gasteiger partial charge in [0.25, 0.3) is 0 Å². The number of rotatable bonds is 1. The van der Waals surface area contributed by atoms with E-state index in [2.05, 4.69) is 21.8 Å². The summed E-state index contributed by atoms with van der Waals surface area (Å²) >= 11 is 0. The average molecular weight is 259 g/mol. The minimum Gasteiger partial charge on any atom is -0.361 e. The van der Waals surface area contributed by atoms with E-state index in [0.29, 0.717) is 11.5 Å². The number of hydrogen-bond donors (Lipinski definition) is 0. The third-order valence-corrected chi connectivity index (χ3v) is 2.37. The van der Waals surface area contributed by atoms with Crippen molar-refractivity contribution in [2.75, 3.05) is 19.0 Å². The molecule has 1 aromatic heterocycles. The zero-order chi connectivity index (χ0) is 13.8. The number of benzene rings is 1. The standard InChI is InChI=1S/C14H11F2N3/c1-19(2)14-9-17-10(8-18-14)6-7-11-12(15)4-3-5-13(11)16/h3-5,8-9H,1-2H3. The molecule has 0 aliphatic rings. The van der Waals surface area contributed by atoms with Gasteiger partial charge in [-0.3, -0.25) is 0 Å². The van der Waals surface area contributed by atoms with Gasteiger partial charge in [-0.2, -0.15) is 0 Å². The van der Waals surface area contributed by atoms with Gasteiger partial charge in [-0.1, -0.05) is 12.0 Å². The van der Waals surface area contributed by atoms with Gasteiger partial charge in [0.1, 0.15) is 23.1 Å². The molecule has 0 fully saturated rings. The third kappa shape index (κ3) is 3.05. The molecular weight excluding hydrogens is 248 g/mol. The highest BCUT2D eigenvalue weighted by Gasteiger charge is 2.04. The predicted molar refractivity (Wildman–Crippen MR) is 68.7 cm³/mol. The molecule has 5 heteroatoms. The highest BCUT2D eigenvalue weighted by atomic mass is 19.1. The molecule has 0 bridgehead atoms. The minimum absolute atomic E-state index is 0.263. The van der Waals surface area contributed by atoms with Crippen molar-refractivity contribution in [3.05, 3.63) is 53.5 Å². The van der Waals surface area contributed by atoms with E-state index in [1.807, 2.05) is 14.1 Å². The van der Waals surface area contributed by atoms with Crippen LogP contribution in [0.15, 0.2) is 30.6 Å². The Morgan fingerprint density at radius 2 is 1.68 bits per heavy atom. The number of anilines is 1. The maximum atomic E-state index is 13.3. The summed E-state index contributed by atoms with van der Waals surface area (Å²) in [7, 11) is 3.67. The molecule has 0 saturated heterocycles. The summed E-state index contributed by atoms with van der Waals surface area (Å²) < 4.78 is 26.7. The van der Waals surface area contributed by atoms with Gasteiger partial charge in [-0.25, -0.2) is 18.7 Å². The number of aromatic nitrogens is 2. The normalized spacial score (nSPS) is 9.68. The minimum atomic E-state index is -0.689. The number of hydrogen-bond acceptors (Lipinski definition) is 3. The van der Waals surface area contributed by atoms with Gasteiger partial charge >= 0.3 is 0 Å². The second-order valence-electron chi connectivity index (χ2n) is 4.00. The van der Waals surface area contributed by atoms with E-state index in [1.54, 1.807) is 11.1 Å². The molecule has 2 rings (SSSR count). The highest BCUT2D eigenvalue weighted by Crippen LogP contribution is 2.10.